The molecule has 0 aromatic heterocycles. The maximum atomic E-state index is 12.3. The summed E-state index contributed by atoms with van der Waals surface area (Å²) in [4.78, 5) is 22.8. The van der Waals surface area contributed by atoms with Gasteiger partial charge < -0.3 is 10.1 Å². The van der Waals surface area contributed by atoms with Crippen molar-refractivity contribution < 1.29 is 14.5 Å². The Morgan fingerprint density at radius 1 is 1.08 bits per heavy atom. The Hall–Kier alpha value is -2.89. The van der Waals surface area contributed by atoms with Crippen LogP contribution in [0.3, 0.4) is 0 Å². The average molecular weight is 328 g/mol. The van der Waals surface area contributed by atoms with Crippen LogP contribution in [0.1, 0.15) is 42.7 Å². The van der Waals surface area contributed by atoms with E-state index in [0.29, 0.717) is 0 Å². The van der Waals surface area contributed by atoms with E-state index in [1.165, 1.54) is 18.2 Å². The van der Waals surface area contributed by atoms with E-state index < -0.39 is 10.8 Å². The zero-order valence-electron chi connectivity index (χ0n) is 13.9. The summed E-state index contributed by atoms with van der Waals surface area (Å²) < 4.78 is 5.58. The normalized spacial score (nSPS) is 11.8. The molecule has 0 saturated heterocycles. The van der Waals surface area contributed by atoms with E-state index in [1.54, 1.807) is 6.07 Å². The van der Waals surface area contributed by atoms with Crippen LogP contribution in [0.4, 0.5) is 5.69 Å². The highest BCUT2D eigenvalue weighted by Gasteiger charge is 2.20. The minimum absolute atomic E-state index is 0.0501. The summed E-state index contributed by atoms with van der Waals surface area (Å²) in [5.74, 6) is 0.281. The number of carbonyl (C=O) groups is 1. The van der Waals surface area contributed by atoms with Gasteiger partial charge in [-0.15, -0.1) is 0 Å². The van der Waals surface area contributed by atoms with Crippen molar-refractivity contribution in [3.05, 3.63) is 69.8 Å². The van der Waals surface area contributed by atoms with Crippen molar-refractivity contribution in [2.45, 2.75) is 32.9 Å². The number of benzene rings is 2. The van der Waals surface area contributed by atoms with E-state index in [4.69, 9.17) is 4.74 Å². The van der Waals surface area contributed by atoms with E-state index in [1.807, 2.05) is 45.0 Å². The van der Waals surface area contributed by atoms with Crippen molar-refractivity contribution >= 4 is 11.6 Å². The Bertz CT molecular complexity index is 726. The lowest BCUT2D eigenvalue weighted by molar-refractivity contribution is -0.385. The Balaban J connectivity index is 2.10. The second kappa shape index (κ2) is 7.59. The minimum atomic E-state index is -0.558. The molecule has 1 atom stereocenters. The predicted octanol–water partition coefficient (Wildman–Crippen LogP) is 3.87. The van der Waals surface area contributed by atoms with Crippen molar-refractivity contribution in [3.8, 4) is 5.75 Å². The summed E-state index contributed by atoms with van der Waals surface area (Å²) in [7, 11) is 0. The molecule has 1 N–H and O–H groups in total. The first-order valence-electron chi connectivity index (χ1n) is 7.69. The average Bonchev–Trinajstić information content (AvgIpc) is 2.54. The molecule has 0 heterocycles. The van der Waals surface area contributed by atoms with Crippen molar-refractivity contribution in [3.63, 3.8) is 0 Å². The molecule has 2 aromatic carbocycles. The maximum Gasteiger partial charge on any atom is 0.282 e. The summed E-state index contributed by atoms with van der Waals surface area (Å²) in [6, 6.07) is 13.0. The molecule has 0 fully saturated rings. The van der Waals surface area contributed by atoms with E-state index in [9.17, 15) is 14.9 Å². The van der Waals surface area contributed by atoms with Crippen LogP contribution in [0.2, 0.25) is 0 Å². The van der Waals surface area contributed by atoms with Gasteiger partial charge in [0.05, 0.1) is 17.1 Å². The van der Waals surface area contributed by atoms with Gasteiger partial charge in [0.2, 0.25) is 0 Å². The lowest BCUT2D eigenvalue weighted by Crippen LogP contribution is -2.27. The van der Waals surface area contributed by atoms with Crippen LogP contribution in [0.5, 0.6) is 5.75 Å². The smallest absolute Gasteiger partial charge is 0.282 e. The molecule has 1 amide bonds. The number of ether oxygens (including phenoxy) is 1. The molecule has 6 heteroatoms. The lowest BCUT2D eigenvalue weighted by atomic mass is 10.1. The van der Waals surface area contributed by atoms with Crippen molar-refractivity contribution in [1.82, 2.24) is 5.32 Å². The lowest BCUT2D eigenvalue weighted by Gasteiger charge is -2.16. The molecule has 0 radical (unpaired) electrons. The largest absolute Gasteiger partial charge is 0.491 e. The van der Waals surface area contributed by atoms with Gasteiger partial charge in [0, 0.05) is 6.07 Å². The summed E-state index contributed by atoms with van der Waals surface area (Å²) in [6.45, 7) is 5.72. The van der Waals surface area contributed by atoms with Crippen LogP contribution >= 0.6 is 0 Å². The van der Waals surface area contributed by atoms with Gasteiger partial charge in [0.25, 0.3) is 11.6 Å². The molecule has 0 aliphatic rings. The van der Waals surface area contributed by atoms with Gasteiger partial charge in [-0.2, -0.15) is 0 Å². The van der Waals surface area contributed by atoms with Gasteiger partial charge in [-0.25, -0.2) is 0 Å². The molecule has 6 nitrogen and oxygen atoms in total. The molecule has 0 spiro atoms. The fourth-order valence-electron chi connectivity index (χ4n) is 2.29. The monoisotopic (exact) mass is 328 g/mol. The molecule has 0 bridgehead atoms. The molecular weight excluding hydrogens is 308 g/mol. The van der Waals surface area contributed by atoms with E-state index >= 15 is 0 Å². The van der Waals surface area contributed by atoms with Crippen LogP contribution < -0.4 is 10.1 Å². The van der Waals surface area contributed by atoms with Gasteiger partial charge >= 0.3 is 0 Å². The number of nitro benzene ring substituents is 1. The van der Waals surface area contributed by atoms with Gasteiger partial charge in [-0.05, 0) is 44.5 Å². The van der Waals surface area contributed by atoms with E-state index in [-0.39, 0.29) is 23.4 Å². The fraction of sp³-hybridized carbons (Fsp3) is 0.278. The molecule has 0 saturated carbocycles. The Morgan fingerprint density at radius 3 is 2.29 bits per heavy atom. The van der Waals surface area contributed by atoms with Crippen LogP contribution in [0, 0.1) is 10.1 Å². The predicted molar refractivity (Wildman–Crippen MR) is 91.2 cm³/mol. The van der Waals surface area contributed by atoms with Gasteiger partial charge in [0.1, 0.15) is 11.3 Å². The molecule has 126 valence electrons. The Kier molecular flexibility index (Phi) is 5.52. The summed E-state index contributed by atoms with van der Waals surface area (Å²) in [5, 5.41) is 13.8. The van der Waals surface area contributed by atoms with Gasteiger partial charge in [-0.3, -0.25) is 14.9 Å². The number of nitrogens with zero attached hydrogens (tertiary/aromatic N) is 1. The van der Waals surface area contributed by atoms with E-state index in [0.717, 1.165) is 11.3 Å². The second-order valence-corrected chi connectivity index (χ2v) is 5.71. The third kappa shape index (κ3) is 4.32. The first-order chi connectivity index (χ1) is 11.4. The number of carbonyl (C=O) groups excluding carboxylic acids is 1. The standard InChI is InChI=1S/C18H20N2O4/c1-12(2)24-15-10-8-14(9-11-15)13(3)19-18(21)16-6-4-5-7-17(16)20(22)23/h4-13H,1-3H3,(H,19,21). The molecule has 1 unspecified atom stereocenters. The topological polar surface area (TPSA) is 81.5 Å². The Labute approximate surface area is 140 Å². The van der Waals surface area contributed by atoms with Crippen LogP contribution in [-0.4, -0.2) is 16.9 Å². The van der Waals surface area contributed by atoms with Crippen molar-refractivity contribution in [1.29, 1.82) is 0 Å². The molecule has 24 heavy (non-hydrogen) atoms. The van der Waals surface area contributed by atoms with Crippen LogP contribution in [-0.2, 0) is 0 Å². The van der Waals surface area contributed by atoms with Gasteiger partial charge in [-0.1, -0.05) is 24.3 Å². The SMILES string of the molecule is CC(C)Oc1ccc(C(C)NC(=O)c2ccccc2[N+](=O)[O-])cc1. The third-order valence-corrected chi connectivity index (χ3v) is 3.44. The molecule has 0 aliphatic heterocycles. The highest BCUT2D eigenvalue weighted by molar-refractivity contribution is 5.98. The molecule has 2 aromatic rings. The molecule has 0 aliphatic carbocycles. The summed E-state index contributed by atoms with van der Waals surface area (Å²) in [5.41, 5.74) is 0.732. The number of para-hydroxylation sites is 1. The van der Waals surface area contributed by atoms with Gasteiger partial charge in [0.15, 0.2) is 0 Å². The number of amides is 1. The quantitative estimate of drug-likeness (QED) is 0.644. The summed E-state index contributed by atoms with van der Waals surface area (Å²) >= 11 is 0. The highest BCUT2D eigenvalue weighted by Crippen LogP contribution is 2.21. The highest BCUT2D eigenvalue weighted by atomic mass is 16.6. The molecular formula is C18H20N2O4. The summed E-state index contributed by atoms with van der Waals surface area (Å²) in [6.07, 6.45) is 0.0895. The minimum Gasteiger partial charge on any atom is -0.491 e. The molecule has 2 rings (SSSR count). The van der Waals surface area contributed by atoms with Crippen LogP contribution in [0.15, 0.2) is 48.5 Å². The van der Waals surface area contributed by atoms with Crippen LogP contribution in [0.25, 0.3) is 0 Å². The number of hydrogen-bond acceptors (Lipinski definition) is 4. The fourth-order valence-corrected chi connectivity index (χ4v) is 2.29. The zero-order valence-corrected chi connectivity index (χ0v) is 13.9. The maximum absolute atomic E-state index is 12.3. The number of nitro groups is 1. The second-order valence-electron chi connectivity index (χ2n) is 5.71. The first-order valence-corrected chi connectivity index (χ1v) is 7.69. The first kappa shape index (κ1) is 17.5. The number of rotatable bonds is 6. The van der Waals surface area contributed by atoms with E-state index in [2.05, 4.69) is 5.32 Å². The van der Waals surface area contributed by atoms with Crippen molar-refractivity contribution in [2.24, 2.45) is 0 Å². The number of hydrogen-bond donors (Lipinski definition) is 1. The van der Waals surface area contributed by atoms with Crippen molar-refractivity contribution in [2.75, 3.05) is 0 Å². The zero-order chi connectivity index (χ0) is 17.7. The third-order valence-electron chi connectivity index (χ3n) is 3.44. The Morgan fingerprint density at radius 2 is 1.71 bits per heavy atom. The number of nitrogens with one attached hydrogen (secondary N) is 1.